The average Bonchev–Trinajstić information content (AvgIpc) is 2.78. The SMILES string of the molecule is CC(C)(C)OCC(NC1CC1)C(=O)O. The van der Waals surface area contributed by atoms with Crippen molar-refractivity contribution < 1.29 is 14.6 Å². The molecule has 82 valence electrons. The highest BCUT2D eigenvalue weighted by atomic mass is 16.5. The lowest BCUT2D eigenvalue weighted by atomic mass is 10.2. The molecular weight excluding hydrogens is 182 g/mol. The summed E-state index contributed by atoms with van der Waals surface area (Å²) in [6, 6.07) is -0.179. The number of carbonyl (C=O) groups is 1. The van der Waals surface area contributed by atoms with E-state index < -0.39 is 12.0 Å². The zero-order chi connectivity index (χ0) is 10.8. The molecule has 1 saturated carbocycles. The van der Waals surface area contributed by atoms with Gasteiger partial charge in [-0.3, -0.25) is 10.1 Å². The number of aliphatic carboxylic acids is 1. The van der Waals surface area contributed by atoms with E-state index in [-0.39, 0.29) is 12.2 Å². The van der Waals surface area contributed by atoms with Gasteiger partial charge in [-0.25, -0.2) is 0 Å². The van der Waals surface area contributed by atoms with Crippen LogP contribution in [0.5, 0.6) is 0 Å². The second-order valence-corrected chi connectivity index (χ2v) is 4.76. The molecule has 4 nitrogen and oxygen atoms in total. The van der Waals surface area contributed by atoms with Crippen molar-refractivity contribution in [2.75, 3.05) is 6.61 Å². The van der Waals surface area contributed by atoms with Gasteiger partial charge in [0, 0.05) is 6.04 Å². The van der Waals surface area contributed by atoms with Crippen molar-refractivity contribution in [1.82, 2.24) is 5.32 Å². The highest BCUT2D eigenvalue weighted by molar-refractivity contribution is 5.73. The van der Waals surface area contributed by atoms with Crippen LogP contribution in [0.2, 0.25) is 0 Å². The normalized spacial score (nSPS) is 19.4. The van der Waals surface area contributed by atoms with Crippen molar-refractivity contribution >= 4 is 5.97 Å². The fraction of sp³-hybridized carbons (Fsp3) is 0.900. The van der Waals surface area contributed by atoms with Crippen LogP contribution in [0.1, 0.15) is 33.6 Å². The molecule has 0 aromatic rings. The summed E-state index contributed by atoms with van der Waals surface area (Å²) in [6.07, 6.45) is 2.17. The molecule has 4 heteroatoms. The zero-order valence-electron chi connectivity index (χ0n) is 9.04. The summed E-state index contributed by atoms with van der Waals surface area (Å²) < 4.78 is 5.44. The Morgan fingerprint density at radius 1 is 1.57 bits per heavy atom. The fourth-order valence-corrected chi connectivity index (χ4v) is 1.06. The number of rotatable bonds is 5. The Morgan fingerprint density at radius 3 is 2.50 bits per heavy atom. The molecule has 2 N–H and O–H groups in total. The predicted octanol–water partition coefficient (Wildman–Crippen LogP) is 1.01. The van der Waals surface area contributed by atoms with E-state index in [0.29, 0.717) is 6.04 Å². The average molecular weight is 201 g/mol. The molecule has 0 spiro atoms. The molecule has 0 amide bonds. The molecule has 14 heavy (non-hydrogen) atoms. The zero-order valence-corrected chi connectivity index (χ0v) is 9.04. The molecule has 0 bridgehead atoms. The van der Waals surface area contributed by atoms with Crippen LogP contribution < -0.4 is 5.32 Å². The summed E-state index contributed by atoms with van der Waals surface area (Å²) in [7, 11) is 0. The summed E-state index contributed by atoms with van der Waals surface area (Å²) in [5.41, 5.74) is -0.279. The van der Waals surface area contributed by atoms with Crippen molar-refractivity contribution in [2.45, 2.75) is 51.3 Å². The number of carboxylic acid groups (broad SMARTS) is 1. The molecule has 1 rings (SSSR count). The van der Waals surface area contributed by atoms with Gasteiger partial charge in [0.2, 0.25) is 0 Å². The Morgan fingerprint density at radius 2 is 2.14 bits per heavy atom. The van der Waals surface area contributed by atoms with Crippen molar-refractivity contribution in [3.8, 4) is 0 Å². The number of hydrogen-bond donors (Lipinski definition) is 2. The van der Waals surface area contributed by atoms with Crippen molar-refractivity contribution in [3.05, 3.63) is 0 Å². The van der Waals surface area contributed by atoms with E-state index in [0.717, 1.165) is 12.8 Å². The monoisotopic (exact) mass is 201 g/mol. The van der Waals surface area contributed by atoms with Gasteiger partial charge in [0.15, 0.2) is 0 Å². The maximum Gasteiger partial charge on any atom is 0.323 e. The Bertz CT molecular complexity index is 206. The highest BCUT2D eigenvalue weighted by Gasteiger charge is 2.29. The van der Waals surface area contributed by atoms with Gasteiger partial charge in [-0.2, -0.15) is 0 Å². The quantitative estimate of drug-likeness (QED) is 0.697. The Labute approximate surface area is 84.6 Å². The van der Waals surface area contributed by atoms with Gasteiger partial charge in [0.05, 0.1) is 12.2 Å². The van der Waals surface area contributed by atoms with Crippen molar-refractivity contribution in [1.29, 1.82) is 0 Å². The summed E-state index contributed by atoms with van der Waals surface area (Å²) in [5.74, 6) is -0.832. The Kier molecular flexibility index (Phi) is 3.50. The van der Waals surface area contributed by atoms with Crippen LogP contribution in [0.3, 0.4) is 0 Å². The minimum Gasteiger partial charge on any atom is -0.480 e. The van der Waals surface area contributed by atoms with Gasteiger partial charge in [0.1, 0.15) is 6.04 Å². The second-order valence-electron chi connectivity index (χ2n) is 4.76. The molecule has 0 aromatic carbocycles. The lowest BCUT2D eigenvalue weighted by molar-refractivity contribution is -0.142. The third-order valence-corrected chi connectivity index (χ3v) is 2.00. The van der Waals surface area contributed by atoms with Crippen LogP contribution in [-0.2, 0) is 9.53 Å². The highest BCUT2D eigenvalue weighted by Crippen LogP contribution is 2.19. The van der Waals surface area contributed by atoms with E-state index in [1.165, 1.54) is 0 Å². The molecule has 1 unspecified atom stereocenters. The third kappa shape index (κ3) is 4.58. The van der Waals surface area contributed by atoms with Crippen LogP contribution in [0.15, 0.2) is 0 Å². The number of ether oxygens (including phenoxy) is 1. The summed E-state index contributed by atoms with van der Waals surface area (Å²) in [6.45, 7) is 5.99. The third-order valence-electron chi connectivity index (χ3n) is 2.00. The summed E-state index contributed by atoms with van der Waals surface area (Å²) in [5, 5.41) is 11.9. The van der Waals surface area contributed by atoms with Gasteiger partial charge in [-0.05, 0) is 33.6 Å². The van der Waals surface area contributed by atoms with Gasteiger partial charge in [-0.15, -0.1) is 0 Å². The van der Waals surface area contributed by atoms with Crippen LogP contribution in [0.4, 0.5) is 0 Å². The molecular formula is C10H19NO3. The summed E-state index contributed by atoms with van der Waals surface area (Å²) in [4.78, 5) is 10.8. The number of hydrogen-bond acceptors (Lipinski definition) is 3. The smallest absolute Gasteiger partial charge is 0.323 e. The number of nitrogens with one attached hydrogen (secondary N) is 1. The van der Waals surface area contributed by atoms with Crippen LogP contribution >= 0.6 is 0 Å². The topological polar surface area (TPSA) is 58.6 Å². The molecule has 1 atom stereocenters. The molecule has 0 heterocycles. The van der Waals surface area contributed by atoms with Crippen LogP contribution in [0, 0.1) is 0 Å². The lowest BCUT2D eigenvalue weighted by Gasteiger charge is -2.23. The largest absolute Gasteiger partial charge is 0.480 e. The standard InChI is InChI=1S/C10H19NO3/c1-10(2,3)14-6-8(9(12)13)11-7-4-5-7/h7-8,11H,4-6H2,1-3H3,(H,12,13). The Balaban J connectivity index is 2.31. The molecule has 1 fully saturated rings. The van der Waals surface area contributed by atoms with Crippen molar-refractivity contribution in [2.24, 2.45) is 0 Å². The lowest BCUT2D eigenvalue weighted by Crippen LogP contribution is -2.43. The molecule has 0 aromatic heterocycles. The first-order chi connectivity index (χ1) is 6.38. The summed E-state index contributed by atoms with van der Waals surface area (Å²) >= 11 is 0. The second kappa shape index (κ2) is 4.28. The maximum absolute atomic E-state index is 10.8. The predicted molar refractivity (Wildman–Crippen MR) is 53.3 cm³/mol. The first-order valence-electron chi connectivity index (χ1n) is 5.01. The Hall–Kier alpha value is -0.610. The molecule has 0 radical (unpaired) electrons. The molecule has 1 aliphatic carbocycles. The van der Waals surface area contributed by atoms with Crippen LogP contribution in [0.25, 0.3) is 0 Å². The number of carboxylic acids is 1. The minimum atomic E-state index is -0.832. The van der Waals surface area contributed by atoms with E-state index in [4.69, 9.17) is 9.84 Å². The van der Waals surface area contributed by atoms with E-state index in [1.807, 2.05) is 20.8 Å². The van der Waals surface area contributed by atoms with Gasteiger partial charge in [-0.1, -0.05) is 0 Å². The van der Waals surface area contributed by atoms with Gasteiger partial charge >= 0.3 is 5.97 Å². The van der Waals surface area contributed by atoms with Crippen molar-refractivity contribution in [3.63, 3.8) is 0 Å². The van der Waals surface area contributed by atoms with E-state index in [9.17, 15) is 4.79 Å². The molecule has 0 saturated heterocycles. The van der Waals surface area contributed by atoms with E-state index in [2.05, 4.69) is 5.32 Å². The van der Waals surface area contributed by atoms with Gasteiger partial charge < -0.3 is 9.84 Å². The van der Waals surface area contributed by atoms with Gasteiger partial charge in [0.25, 0.3) is 0 Å². The first-order valence-corrected chi connectivity index (χ1v) is 5.01. The van der Waals surface area contributed by atoms with Crippen LogP contribution in [-0.4, -0.2) is 35.4 Å². The van der Waals surface area contributed by atoms with E-state index >= 15 is 0 Å². The maximum atomic E-state index is 10.8. The fourth-order valence-electron chi connectivity index (χ4n) is 1.06. The minimum absolute atomic E-state index is 0.231. The molecule has 1 aliphatic rings. The van der Waals surface area contributed by atoms with E-state index in [1.54, 1.807) is 0 Å². The molecule has 0 aliphatic heterocycles. The first kappa shape index (κ1) is 11.5.